The van der Waals surface area contributed by atoms with E-state index in [0.717, 1.165) is 35.3 Å². The maximum absolute atomic E-state index is 12.4. The number of aryl methyl sites for hydroxylation is 1. The van der Waals surface area contributed by atoms with Crippen LogP contribution in [-0.2, 0) is 4.79 Å². The maximum atomic E-state index is 12.4. The molecule has 11 heteroatoms. The van der Waals surface area contributed by atoms with Crippen molar-refractivity contribution in [3.63, 3.8) is 0 Å². The first-order valence-electron chi connectivity index (χ1n) is 12.7. The molecule has 0 spiro atoms. The number of benzene rings is 1. The molecule has 1 saturated heterocycles. The first kappa shape index (κ1) is 25.4. The summed E-state index contributed by atoms with van der Waals surface area (Å²) in [4.78, 5) is 35.5. The van der Waals surface area contributed by atoms with E-state index in [4.69, 9.17) is 5.26 Å². The molecule has 5 rings (SSSR count). The van der Waals surface area contributed by atoms with Crippen LogP contribution in [0.5, 0.6) is 0 Å². The summed E-state index contributed by atoms with van der Waals surface area (Å²) in [5, 5.41) is 29.3. The van der Waals surface area contributed by atoms with Crippen molar-refractivity contribution in [3.05, 3.63) is 54.0 Å². The van der Waals surface area contributed by atoms with E-state index in [2.05, 4.69) is 25.7 Å². The SMILES string of the molecule is Cc1cnc(Nc2cnn(C3CCN(C(=O)C4(O)CC4)CC3)c2)nc1-c1ccc(C(=O)NC(C)C#N)cc1. The summed E-state index contributed by atoms with van der Waals surface area (Å²) >= 11 is 0. The highest BCUT2D eigenvalue weighted by Gasteiger charge is 2.50. The van der Waals surface area contributed by atoms with Gasteiger partial charge in [0, 0.05) is 36.6 Å². The molecule has 1 atom stereocenters. The van der Waals surface area contributed by atoms with Gasteiger partial charge in [0.2, 0.25) is 5.95 Å². The molecule has 38 heavy (non-hydrogen) atoms. The molecular formula is C27H30N8O3. The van der Waals surface area contributed by atoms with Gasteiger partial charge in [-0.2, -0.15) is 10.4 Å². The highest BCUT2D eigenvalue weighted by Crippen LogP contribution is 2.38. The molecule has 1 aliphatic carbocycles. The second-order valence-electron chi connectivity index (χ2n) is 10.0. The van der Waals surface area contributed by atoms with E-state index in [0.29, 0.717) is 37.4 Å². The lowest BCUT2D eigenvalue weighted by atomic mass is 10.0. The molecule has 1 aromatic carbocycles. The minimum absolute atomic E-state index is 0.141. The topological polar surface area (TPSA) is 149 Å². The number of carbonyl (C=O) groups is 2. The van der Waals surface area contributed by atoms with Gasteiger partial charge in [-0.05, 0) is 57.2 Å². The zero-order chi connectivity index (χ0) is 26.9. The quantitative estimate of drug-likeness (QED) is 0.436. The van der Waals surface area contributed by atoms with Crippen LogP contribution in [-0.4, -0.2) is 66.3 Å². The van der Waals surface area contributed by atoms with Crippen LogP contribution in [0.2, 0.25) is 0 Å². The number of hydrogen-bond acceptors (Lipinski definition) is 8. The Balaban J connectivity index is 1.23. The largest absolute Gasteiger partial charge is 0.380 e. The van der Waals surface area contributed by atoms with Crippen LogP contribution in [0.3, 0.4) is 0 Å². The number of nitrogens with one attached hydrogen (secondary N) is 2. The van der Waals surface area contributed by atoms with Gasteiger partial charge in [-0.3, -0.25) is 14.3 Å². The van der Waals surface area contributed by atoms with Crippen LogP contribution in [0.15, 0.2) is 42.9 Å². The Kier molecular flexibility index (Phi) is 6.82. The third-order valence-corrected chi connectivity index (χ3v) is 7.04. The summed E-state index contributed by atoms with van der Waals surface area (Å²) in [6.45, 7) is 4.76. The van der Waals surface area contributed by atoms with Crippen LogP contribution in [0.1, 0.15) is 54.6 Å². The molecule has 196 valence electrons. The number of likely N-dealkylation sites (tertiary alicyclic amines) is 1. The van der Waals surface area contributed by atoms with Gasteiger partial charge in [-0.15, -0.1) is 0 Å². The molecule has 2 aliphatic rings. The molecule has 2 fully saturated rings. The highest BCUT2D eigenvalue weighted by atomic mass is 16.3. The maximum Gasteiger partial charge on any atom is 0.254 e. The zero-order valence-corrected chi connectivity index (χ0v) is 21.4. The minimum Gasteiger partial charge on any atom is -0.380 e. The number of aliphatic hydroxyl groups is 1. The molecule has 0 bridgehead atoms. The van der Waals surface area contributed by atoms with E-state index >= 15 is 0 Å². The molecule has 11 nitrogen and oxygen atoms in total. The van der Waals surface area contributed by atoms with Crippen molar-refractivity contribution in [1.82, 2.24) is 30.0 Å². The molecule has 0 radical (unpaired) electrons. The first-order chi connectivity index (χ1) is 18.3. The van der Waals surface area contributed by atoms with Crippen molar-refractivity contribution < 1.29 is 14.7 Å². The summed E-state index contributed by atoms with van der Waals surface area (Å²) in [6.07, 6.45) is 8.06. The first-order valence-corrected chi connectivity index (χ1v) is 12.7. The van der Waals surface area contributed by atoms with E-state index < -0.39 is 11.6 Å². The predicted octanol–water partition coefficient (Wildman–Crippen LogP) is 2.72. The molecule has 3 heterocycles. The summed E-state index contributed by atoms with van der Waals surface area (Å²) in [5.74, 6) is -0.0209. The smallest absolute Gasteiger partial charge is 0.254 e. The van der Waals surface area contributed by atoms with Crippen molar-refractivity contribution in [2.24, 2.45) is 0 Å². The molecule has 2 aromatic heterocycles. The van der Waals surface area contributed by atoms with Crippen LogP contribution in [0.25, 0.3) is 11.3 Å². The number of piperidine rings is 1. The number of nitrogens with zero attached hydrogens (tertiary/aromatic N) is 6. The molecule has 1 aliphatic heterocycles. The Morgan fingerprint density at radius 2 is 1.89 bits per heavy atom. The molecular weight excluding hydrogens is 484 g/mol. The van der Waals surface area contributed by atoms with E-state index in [-0.39, 0.29) is 17.9 Å². The van der Waals surface area contributed by atoms with Crippen LogP contribution in [0.4, 0.5) is 11.6 Å². The fraction of sp³-hybridized carbons (Fsp3) is 0.407. The van der Waals surface area contributed by atoms with Crippen LogP contribution in [0, 0.1) is 18.3 Å². The monoisotopic (exact) mass is 514 g/mol. The van der Waals surface area contributed by atoms with Crippen molar-refractivity contribution in [3.8, 4) is 17.3 Å². The third-order valence-electron chi connectivity index (χ3n) is 7.04. The Labute approximate surface area is 220 Å². The molecule has 1 saturated carbocycles. The molecule has 1 unspecified atom stereocenters. The lowest BCUT2D eigenvalue weighted by Gasteiger charge is -2.33. The van der Waals surface area contributed by atoms with Gasteiger partial charge in [0.25, 0.3) is 11.8 Å². The van der Waals surface area contributed by atoms with E-state index in [9.17, 15) is 14.7 Å². The summed E-state index contributed by atoms with van der Waals surface area (Å²) in [6, 6.07) is 8.64. The number of carbonyl (C=O) groups excluding carboxylic acids is 2. The lowest BCUT2D eigenvalue weighted by Crippen LogP contribution is -2.45. The normalized spacial score (nSPS) is 17.4. The van der Waals surface area contributed by atoms with Gasteiger partial charge in [-0.1, -0.05) is 12.1 Å². The predicted molar refractivity (Wildman–Crippen MR) is 139 cm³/mol. The van der Waals surface area contributed by atoms with Gasteiger partial charge in [0.15, 0.2) is 0 Å². The number of anilines is 2. The summed E-state index contributed by atoms with van der Waals surface area (Å²) < 4.78 is 1.90. The second kappa shape index (κ2) is 10.2. The number of amides is 2. The third kappa shape index (κ3) is 5.35. The summed E-state index contributed by atoms with van der Waals surface area (Å²) in [7, 11) is 0. The minimum atomic E-state index is -1.12. The standard InChI is InChI=1S/C27H30N8O3/c1-17-14-29-26(33-23(17)19-3-5-20(6-4-19)24(36)31-18(2)13-28)32-21-15-30-35(16-21)22-7-11-34(12-8-22)25(37)27(38)9-10-27/h3-6,14-16,18,22,38H,7-12H2,1-2H3,(H,31,36)(H,29,32,33). The molecule has 2 amide bonds. The van der Waals surface area contributed by atoms with E-state index in [1.807, 2.05) is 36.0 Å². The van der Waals surface area contributed by atoms with E-state index in [1.54, 1.807) is 36.4 Å². The van der Waals surface area contributed by atoms with Crippen molar-refractivity contribution in [1.29, 1.82) is 5.26 Å². The molecule has 3 aromatic rings. The number of aromatic nitrogens is 4. The number of hydrogen-bond donors (Lipinski definition) is 3. The number of rotatable bonds is 7. The zero-order valence-electron chi connectivity index (χ0n) is 21.4. The van der Waals surface area contributed by atoms with Crippen molar-refractivity contribution in [2.45, 2.75) is 57.2 Å². The van der Waals surface area contributed by atoms with Gasteiger partial charge < -0.3 is 20.6 Å². The lowest BCUT2D eigenvalue weighted by molar-refractivity contribution is -0.143. The summed E-state index contributed by atoms with van der Waals surface area (Å²) in [5.41, 5.74) is 2.57. The van der Waals surface area contributed by atoms with Crippen LogP contribution >= 0.6 is 0 Å². The van der Waals surface area contributed by atoms with Crippen molar-refractivity contribution >= 4 is 23.5 Å². The fourth-order valence-electron chi connectivity index (χ4n) is 4.58. The Bertz CT molecular complexity index is 1380. The Morgan fingerprint density at radius 1 is 1.18 bits per heavy atom. The highest BCUT2D eigenvalue weighted by molar-refractivity contribution is 5.95. The average Bonchev–Trinajstić information content (AvgIpc) is 3.52. The molecule has 3 N–H and O–H groups in total. The fourth-order valence-corrected chi connectivity index (χ4v) is 4.58. The van der Waals surface area contributed by atoms with Crippen molar-refractivity contribution in [2.75, 3.05) is 18.4 Å². The van der Waals surface area contributed by atoms with Gasteiger partial charge >= 0.3 is 0 Å². The van der Waals surface area contributed by atoms with Gasteiger partial charge in [0.05, 0.1) is 29.7 Å². The van der Waals surface area contributed by atoms with E-state index in [1.165, 1.54) is 0 Å². The average molecular weight is 515 g/mol. The van der Waals surface area contributed by atoms with Crippen LogP contribution < -0.4 is 10.6 Å². The van der Waals surface area contributed by atoms with Gasteiger partial charge in [0.1, 0.15) is 11.6 Å². The van der Waals surface area contributed by atoms with Gasteiger partial charge in [-0.25, -0.2) is 9.97 Å². The second-order valence-corrected chi connectivity index (χ2v) is 10.0. The Hall–Kier alpha value is -4.30. The number of nitriles is 1. The Morgan fingerprint density at radius 3 is 2.55 bits per heavy atom.